The van der Waals surface area contributed by atoms with Crippen LogP contribution < -0.4 is 19.8 Å². The van der Waals surface area contributed by atoms with Gasteiger partial charge in [0.2, 0.25) is 0 Å². The Morgan fingerprint density at radius 3 is 2.31 bits per heavy atom. The number of hydrogen-bond acceptors (Lipinski definition) is 6. The largest absolute Gasteiger partial charge is 0.484 e. The van der Waals surface area contributed by atoms with Crippen LogP contribution in [0.4, 0.5) is 5.69 Å². The van der Waals surface area contributed by atoms with Crippen molar-refractivity contribution < 1.29 is 22.7 Å². The lowest BCUT2D eigenvalue weighted by atomic mass is 10.2. The van der Waals surface area contributed by atoms with Gasteiger partial charge in [0, 0.05) is 11.1 Å². The lowest BCUT2D eigenvalue weighted by Crippen LogP contribution is -2.40. The predicted molar refractivity (Wildman–Crippen MR) is 153 cm³/mol. The van der Waals surface area contributed by atoms with Crippen LogP contribution >= 0.6 is 11.6 Å². The van der Waals surface area contributed by atoms with E-state index >= 15 is 0 Å². The third-order valence-corrected chi connectivity index (χ3v) is 7.45. The molecule has 0 spiro atoms. The van der Waals surface area contributed by atoms with Gasteiger partial charge in [0.15, 0.2) is 6.61 Å². The molecule has 0 aromatic heterocycles. The third kappa shape index (κ3) is 8.56. The number of ether oxygens (including phenoxy) is 1. The molecule has 0 unspecified atom stereocenters. The number of aryl methyl sites for hydroxylation is 2. The molecule has 3 rings (SSSR count). The number of rotatable bonds is 11. The molecule has 39 heavy (non-hydrogen) atoms. The highest BCUT2D eigenvalue weighted by molar-refractivity contribution is 7.92. The quantitative estimate of drug-likeness (QED) is 0.265. The Bertz CT molecular complexity index is 1440. The summed E-state index contributed by atoms with van der Waals surface area (Å²) in [5.74, 6) is -0.355. The van der Waals surface area contributed by atoms with Crippen LogP contribution in [-0.4, -0.2) is 45.6 Å². The zero-order chi connectivity index (χ0) is 28.6. The molecule has 11 heteroatoms. The normalized spacial score (nSPS) is 11.4. The topological polar surface area (TPSA) is 117 Å². The van der Waals surface area contributed by atoms with Gasteiger partial charge in [0.1, 0.15) is 12.3 Å². The van der Waals surface area contributed by atoms with E-state index in [0.717, 1.165) is 9.87 Å². The van der Waals surface area contributed by atoms with E-state index in [0.29, 0.717) is 27.6 Å². The summed E-state index contributed by atoms with van der Waals surface area (Å²) in [7, 11) is -4.09. The van der Waals surface area contributed by atoms with Gasteiger partial charge in [0.05, 0.1) is 16.8 Å². The average molecular weight is 571 g/mol. The van der Waals surface area contributed by atoms with Gasteiger partial charge >= 0.3 is 0 Å². The molecule has 0 aliphatic heterocycles. The first-order valence-corrected chi connectivity index (χ1v) is 14.0. The minimum atomic E-state index is -4.09. The van der Waals surface area contributed by atoms with Crippen molar-refractivity contribution in [2.24, 2.45) is 5.10 Å². The van der Waals surface area contributed by atoms with Crippen LogP contribution in [0.2, 0.25) is 5.02 Å². The van der Waals surface area contributed by atoms with Crippen LogP contribution in [0, 0.1) is 13.8 Å². The monoisotopic (exact) mass is 570 g/mol. The lowest BCUT2D eigenvalue weighted by Gasteiger charge is -2.25. The maximum absolute atomic E-state index is 13.5. The Hall–Kier alpha value is -3.89. The summed E-state index contributed by atoms with van der Waals surface area (Å²) in [4.78, 5) is 24.6. The Labute approximate surface area is 233 Å². The highest BCUT2D eigenvalue weighted by Gasteiger charge is 2.28. The van der Waals surface area contributed by atoms with Crippen LogP contribution in [0.15, 0.2) is 76.7 Å². The molecule has 0 aliphatic carbocycles. The molecule has 0 atom stereocenters. The predicted octanol–water partition coefficient (Wildman–Crippen LogP) is 4.21. The fourth-order valence-corrected chi connectivity index (χ4v) is 5.14. The van der Waals surface area contributed by atoms with E-state index in [2.05, 4.69) is 15.8 Å². The molecule has 3 aromatic rings. The molecule has 206 valence electrons. The van der Waals surface area contributed by atoms with Gasteiger partial charge in [-0.1, -0.05) is 35.4 Å². The number of carbonyl (C=O) groups is 2. The number of nitrogens with zero attached hydrogens (tertiary/aromatic N) is 2. The first-order chi connectivity index (χ1) is 18.5. The number of halogens is 1. The Kier molecular flexibility index (Phi) is 10.1. The Morgan fingerprint density at radius 2 is 1.67 bits per heavy atom. The summed E-state index contributed by atoms with van der Waals surface area (Å²) in [5, 5.41) is 7.03. The molecular formula is C28H31ClN4O5S. The fraction of sp³-hybridized carbons (Fsp3) is 0.250. The SMILES string of the molecule is Cc1ccc(S(=O)(=O)N(CC(=O)N/N=C\c2ccc(OCC(=O)NC(C)C)cc2)c2cc(Cl)ccc2C)cc1. The van der Waals surface area contributed by atoms with Gasteiger partial charge in [-0.3, -0.25) is 13.9 Å². The number of hydrogen-bond donors (Lipinski definition) is 2. The van der Waals surface area contributed by atoms with Crippen molar-refractivity contribution in [3.8, 4) is 5.75 Å². The van der Waals surface area contributed by atoms with Crippen molar-refractivity contribution in [1.29, 1.82) is 0 Å². The number of carbonyl (C=O) groups excluding carboxylic acids is 2. The summed E-state index contributed by atoms with van der Waals surface area (Å²) >= 11 is 6.16. The smallest absolute Gasteiger partial charge is 0.264 e. The van der Waals surface area contributed by atoms with Crippen molar-refractivity contribution in [2.45, 2.75) is 38.6 Å². The molecule has 0 heterocycles. The van der Waals surface area contributed by atoms with Crippen LogP contribution in [0.5, 0.6) is 5.75 Å². The average Bonchev–Trinajstić information content (AvgIpc) is 2.88. The van der Waals surface area contributed by atoms with E-state index in [4.69, 9.17) is 16.3 Å². The van der Waals surface area contributed by atoms with Crippen LogP contribution in [-0.2, 0) is 19.6 Å². The van der Waals surface area contributed by atoms with Gasteiger partial charge in [-0.2, -0.15) is 5.10 Å². The van der Waals surface area contributed by atoms with Crippen molar-refractivity contribution in [2.75, 3.05) is 17.5 Å². The number of benzene rings is 3. The summed E-state index contributed by atoms with van der Waals surface area (Å²) in [6.07, 6.45) is 1.41. The van der Waals surface area contributed by atoms with Crippen LogP contribution in [0.25, 0.3) is 0 Å². The molecule has 9 nitrogen and oxygen atoms in total. The molecule has 0 saturated carbocycles. The Balaban J connectivity index is 1.70. The first kappa shape index (κ1) is 29.7. The highest BCUT2D eigenvalue weighted by atomic mass is 35.5. The summed E-state index contributed by atoms with van der Waals surface area (Å²) in [5.41, 5.74) is 4.87. The molecular weight excluding hydrogens is 540 g/mol. The number of hydrazone groups is 1. The van der Waals surface area contributed by atoms with E-state index in [1.54, 1.807) is 55.5 Å². The minimum Gasteiger partial charge on any atom is -0.484 e. The second-order valence-electron chi connectivity index (χ2n) is 9.13. The summed E-state index contributed by atoms with van der Waals surface area (Å²) in [6, 6.07) is 18.0. The molecule has 2 N–H and O–H groups in total. The van der Waals surface area contributed by atoms with E-state index in [1.165, 1.54) is 24.4 Å². The minimum absolute atomic E-state index is 0.0270. The maximum Gasteiger partial charge on any atom is 0.264 e. The molecule has 0 bridgehead atoms. The highest BCUT2D eigenvalue weighted by Crippen LogP contribution is 2.29. The van der Waals surface area contributed by atoms with Gasteiger partial charge in [0.25, 0.3) is 21.8 Å². The number of nitrogens with one attached hydrogen (secondary N) is 2. The van der Waals surface area contributed by atoms with Crippen molar-refractivity contribution in [1.82, 2.24) is 10.7 Å². The molecule has 0 saturated heterocycles. The first-order valence-electron chi connectivity index (χ1n) is 12.2. The van der Waals surface area contributed by atoms with E-state index in [1.807, 2.05) is 20.8 Å². The molecule has 0 fully saturated rings. The number of amides is 2. The maximum atomic E-state index is 13.5. The molecule has 0 aliphatic rings. The molecule has 0 radical (unpaired) electrons. The zero-order valence-electron chi connectivity index (χ0n) is 22.1. The lowest BCUT2D eigenvalue weighted by molar-refractivity contribution is -0.123. The van der Waals surface area contributed by atoms with Crippen molar-refractivity contribution >= 4 is 45.3 Å². The fourth-order valence-electron chi connectivity index (χ4n) is 3.50. The van der Waals surface area contributed by atoms with Crippen LogP contribution in [0.3, 0.4) is 0 Å². The summed E-state index contributed by atoms with van der Waals surface area (Å²) < 4.78 is 33.6. The number of anilines is 1. The van der Waals surface area contributed by atoms with Gasteiger partial charge in [-0.25, -0.2) is 13.8 Å². The van der Waals surface area contributed by atoms with Crippen molar-refractivity contribution in [3.63, 3.8) is 0 Å². The van der Waals surface area contributed by atoms with Gasteiger partial charge in [-0.05, 0) is 87.4 Å². The second kappa shape index (κ2) is 13.3. The van der Waals surface area contributed by atoms with Gasteiger partial charge < -0.3 is 10.1 Å². The standard InChI is InChI=1S/C28H31ClN4O5S/c1-19(2)31-28(35)18-38-24-11-8-22(9-12-24)16-30-32-27(34)17-33(26-15-23(29)10-7-21(26)4)39(36,37)25-13-5-20(3)6-14-25/h5-16,19H,17-18H2,1-4H3,(H,31,35)(H,32,34)/b30-16-. The van der Waals surface area contributed by atoms with E-state index in [9.17, 15) is 18.0 Å². The molecule has 2 amide bonds. The van der Waals surface area contributed by atoms with E-state index < -0.39 is 22.5 Å². The zero-order valence-corrected chi connectivity index (χ0v) is 23.7. The Morgan fingerprint density at radius 1 is 1.00 bits per heavy atom. The number of sulfonamides is 1. The van der Waals surface area contributed by atoms with Crippen LogP contribution in [0.1, 0.15) is 30.5 Å². The third-order valence-electron chi connectivity index (χ3n) is 5.44. The van der Waals surface area contributed by atoms with E-state index in [-0.39, 0.29) is 23.5 Å². The molecule has 3 aromatic carbocycles. The second-order valence-corrected chi connectivity index (χ2v) is 11.4. The van der Waals surface area contributed by atoms with Gasteiger partial charge in [-0.15, -0.1) is 0 Å². The summed E-state index contributed by atoms with van der Waals surface area (Å²) in [6.45, 7) is 6.71. The van der Waals surface area contributed by atoms with Crippen molar-refractivity contribution in [3.05, 3.63) is 88.4 Å².